The van der Waals surface area contributed by atoms with Gasteiger partial charge in [-0.05, 0) is 30.8 Å². The van der Waals surface area contributed by atoms with Gasteiger partial charge in [-0.1, -0.05) is 24.3 Å². The van der Waals surface area contributed by atoms with Crippen LogP contribution in [0.2, 0.25) is 0 Å². The summed E-state index contributed by atoms with van der Waals surface area (Å²) in [5.74, 6) is 0. The fourth-order valence-electron chi connectivity index (χ4n) is 2.72. The average molecular weight is 331 g/mol. The van der Waals surface area contributed by atoms with Gasteiger partial charge in [-0.15, -0.1) is 0 Å². The summed E-state index contributed by atoms with van der Waals surface area (Å²) in [5.41, 5.74) is 2.78. The SMILES string of the molecule is CNS(=O)(=O)c1ccccc1-c1ccc2c(c1)n(C)c(=O)n2C. The van der Waals surface area contributed by atoms with Gasteiger partial charge < -0.3 is 0 Å². The second-order valence-corrected chi connectivity index (χ2v) is 7.16. The summed E-state index contributed by atoms with van der Waals surface area (Å²) >= 11 is 0. The Hall–Kier alpha value is -2.38. The van der Waals surface area contributed by atoms with Crippen LogP contribution in [-0.4, -0.2) is 24.6 Å². The molecule has 1 heterocycles. The third-order valence-electron chi connectivity index (χ3n) is 4.03. The number of sulfonamides is 1. The first-order chi connectivity index (χ1) is 10.9. The zero-order valence-electron chi connectivity index (χ0n) is 13.1. The molecule has 0 atom stereocenters. The minimum absolute atomic E-state index is 0.117. The lowest BCUT2D eigenvalue weighted by atomic mass is 10.1. The normalized spacial score (nSPS) is 12.0. The predicted molar refractivity (Wildman–Crippen MR) is 89.8 cm³/mol. The van der Waals surface area contributed by atoms with Gasteiger partial charge in [0.2, 0.25) is 10.0 Å². The monoisotopic (exact) mass is 331 g/mol. The molecule has 23 heavy (non-hydrogen) atoms. The maximum atomic E-state index is 12.2. The second-order valence-electron chi connectivity index (χ2n) is 5.31. The first kappa shape index (κ1) is 15.5. The van der Waals surface area contributed by atoms with Crippen molar-refractivity contribution in [3.63, 3.8) is 0 Å². The number of nitrogens with one attached hydrogen (secondary N) is 1. The van der Waals surface area contributed by atoms with Crippen molar-refractivity contribution in [3.05, 3.63) is 52.9 Å². The molecule has 6 nitrogen and oxygen atoms in total. The Labute approximate surface area is 134 Å². The van der Waals surface area contributed by atoms with Gasteiger partial charge in [-0.3, -0.25) is 9.13 Å². The molecular weight excluding hydrogens is 314 g/mol. The van der Waals surface area contributed by atoms with Crippen LogP contribution in [0.5, 0.6) is 0 Å². The zero-order valence-corrected chi connectivity index (χ0v) is 13.9. The van der Waals surface area contributed by atoms with Gasteiger partial charge in [-0.2, -0.15) is 0 Å². The van der Waals surface area contributed by atoms with Crippen LogP contribution < -0.4 is 10.4 Å². The van der Waals surface area contributed by atoms with Crippen molar-refractivity contribution in [1.29, 1.82) is 0 Å². The van der Waals surface area contributed by atoms with Gasteiger partial charge in [-0.25, -0.2) is 17.9 Å². The van der Waals surface area contributed by atoms with Crippen LogP contribution >= 0.6 is 0 Å². The summed E-state index contributed by atoms with van der Waals surface area (Å²) in [4.78, 5) is 12.2. The van der Waals surface area contributed by atoms with Gasteiger partial charge in [0.25, 0.3) is 0 Å². The molecule has 1 N–H and O–H groups in total. The fourth-order valence-corrected chi connectivity index (χ4v) is 3.68. The van der Waals surface area contributed by atoms with Crippen molar-refractivity contribution in [3.8, 4) is 11.1 Å². The lowest BCUT2D eigenvalue weighted by Crippen LogP contribution is -2.19. The van der Waals surface area contributed by atoms with E-state index in [0.717, 1.165) is 16.6 Å². The largest absolute Gasteiger partial charge is 0.328 e. The quantitative estimate of drug-likeness (QED) is 0.789. The molecule has 0 amide bonds. The minimum atomic E-state index is -3.57. The number of nitrogens with zero attached hydrogens (tertiary/aromatic N) is 2. The third kappa shape index (κ3) is 2.38. The first-order valence-corrected chi connectivity index (χ1v) is 8.53. The fraction of sp³-hybridized carbons (Fsp3) is 0.188. The van der Waals surface area contributed by atoms with Crippen molar-refractivity contribution in [2.75, 3.05) is 7.05 Å². The van der Waals surface area contributed by atoms with E-state index in [0.29, 0.717) is 5.56 Å². The van der Waals surface area contributed by atoms with E-state index >= 15 is 0 Å². The maximum absolute atomic E-state index is 12.2. The number of fused-ring (bicyclic) bond motifs is 1. The van der Waals surface area contributed by atoms with Crippen LogP contribution in [0.4, 0.5) is 0 Å². The smallest absolute Gasteiger partial charge is 0.295 e. The Morgan fingerprint density at radius 2 is 1.61 bits per heavy atom. The van der Waals surface area contributed by atoms with E-state index in [-0.39, 0.29) is 10.6 Å². The Morgan fingerprint density at radius 1 is 0.957 bits per heavy atom. The zero-order chi connectivity index (χ0) is 16.8. The Kier molecular flexibility index (Phi) is 3.62. The number of benzene rings is 2. The molecule has 0 spiro atoms. The van der Waals surface area contributed by atoms with Crippen molar-refractivity contribution in [1.82, 2.24) is 13.9 Å². The molecule has 7 heteroatoms. The van der Waals surface area contributed by atoms with E-state index < -0.39 is 10.0 Å². The van der Waals surface area contributed by atoms with Gasteiger partial charge in [0.1, 0.15) is 0 Å². The van der Waals surface area contributed by atoms with Crippen LogP contribution in [0.25, 0.3) is 22.2 Å². The molecule has 0 saturated heterocycles. The number of aryl methyl sites for hydroxylation is 2. The molecule has 3 rings (SSSR count). The van der Waals surface area contributed by atoms with Crippen LogP contribution in [0.3, 0.4) is 0 Å². The number of imidazole rings is 1. The lowest BCUT2D eigenvalue weighted by Gasteiger charge is -2.10. The second kappa shape index (κ2) is 5.36. The summed E-state index contributed by atoms with van der Waals surface area (Å²) < 4.78 is 29.9. The van der Waals surface area contributed by atoms with Crippen LogP contribution in [0.15, 0.2) is 52.2 Å². The molecule has 2 aromatic carbocycles. The van der Waals surface area contributed by atoms with E-state index in [1.54, 1.807) is 47.5 Å². The van der Waals surface area contributed by atoms with E-state index in [2.05, 4.69) is 4.72 Å². The highest BCUT2D eigenvalue weighted by atomic mass is 32.2. The molecule has 0 radical (unpaired) electrons. The van der Waals surface area contributed by atoms with Gasteiger partial charge >= 0.3 is 5.69 Å². The van der Waals surface area contributed by atoms with Crippen LogP contribution in [0, 0.1) is 0 Å². The summed E-state index contributed by atoms with van der Waals surface area (Å²) in [6.07, 6.45) is 0. The van der Waals surface area contributed by atoms with Crippen molar-refractivity contribution in [2.45, 2.75) is 4.90 Å². The Morgan fingerprint density at radius 3 is 2.30 bits per heavy atom. The summed E-state index contributed by atoms with van der Waals surface area (Å²) in [5, 5.41) is 0. The molecular formula is C16H17N3O3S. The van der Waals surface area contributed by atoms with Gasteiger partial charge in [0, 0.05) is 19.7 Å². The molecule has 0 aliphatic heterocycles. The van der Waals surface area contributed by atoms with Crippen LogP contribution in [0.1, 0.15) is 0 Å². The summed E-state index contributed by atoms with van der Waals surface area (Å²) in [6, 6.07) is 12.3. The van der Waals surface area contributed by atoms with E-state index in [4.69, 9.17) is 0 Å². The third-order valence-corrected chi connectivity index (χ3v) is 5.50. The molecule has 120 valence electrons. The molecule has 0 unspecified atom stereocenters. The topological polar surface area (TPSA) is 73.1 Å². The minimum Gasteiger partial charge on any atom is -0.295 e. The van der Waals surface area contributed by atoms with Gasteiger partial charge in [0.15, 0.2) is 0 Å². The number of rotatable bonds is 3. The highest BCUT2D eigenvalue weighted by Gasteiger charge is 2.18. The standard InChI is InChI=1S/C16H17N3O3S/c1-17-23(21,22)15-7-5-4-6-12(15)11-8-9-13-14(10-11)19(3)16(20)18(13)2/h4-10,17H,1-3H3. The summed E-state index contributed by atoms with van der Waals surface area (Å²) in [7, 11) is 1.23. The predicted octanol–water partition coefficient (Wildman–Crippen LogP) is 1.45. The first-order valence-electron chi connectivity index (χ1n) is 7.05. The van der Waals surface area contributed by atoms with E-state index in [9.17, 15) is 13.2 Å². The van der Waals surface area contributed by atoms with Gasteiger partial charge in [0.05, 0.1) is 15.9 Å². The van der Waals surface area contributed by atoms with Crippen LogP contribution in [-0.2, 0) is 24.1 Å². The number of hydrogen-bond acceptors (Lipinski definition) is 3. The molecule has 3 aromatic rings. The van der Waals surface area contributed by atoms with E-state index in [1.165, 1.54) is 7.05 Å². The Bertz CT molecular complexity index is 1060. The molecule has 0 saturated carbocycles. The maximum Gasteiger partial charge on any atom is 0.328 e. The molecule has 1 aromatic heterocycles. The van der Waals surface area contributed by atoms with E-state index in [1.807, 2.05) is 18.2 Å². The highest BCUT2D eigenvalue weighted by molar-refractivity contribution is 7.89. The average Bonchev–Trinajstić information content (AvgIpc) is 2.79. The highest BCUT2D eigenvalue weighted by Crippen LogP contribution is 2.29. The molecule has 0 aliphatic carbocycles. The molecule has 0 fully saturated rings. The lowest BCUT2D eigenvalue weighted by molar-refractivity contribution is 0.588. The molecule has 0 bridgehead atoms. The van der Waals surface area contributed by atoms with Crippen molar-refractivity contribution < 1.29 is 8.42 Å². The Balaban J connectivity index is 2.31. The van der Waals surface area contributed by atoms with Crippen molar-refractivity contribution in [2.24, 2.45) is 14.1 Å². The van der Waals surface area contributed by atoms with Crippen molar-refractivity contribution >= 4 is 21.1 Å². The number of aromatic nitrogens is 2. The number of hydrogen-bond donors (Lipinski definition) is 1. The molecule has 0 aliphatic rings. The summed E-state index contributed by atoms with van der Waals surface area (Å²) in [6.45, 7) is 0.